The van der Waals surface area contributed by atoms with Gasteiger partial charge in [-0.2, -0.15) is 0 Å². The highest BCUT2D eigenvalue weighted by atomic mass is 35.5. The molecule has 24 heavy (non-hydrogen) atoms. The van der Waals surface area contributed by atoms with Crippen molar-refractivity contribution in [3.05, 3.63) is 60.1 Å². The van der Waals surface area contributed by atoms with Gasteiger partial charge in [-0.1, -0.05) is 11.6 Å². The molecule has 4 nitrogen and oxygen atoms in total. The van der Waals surface area contributed by atoms with E-state index in [1.807, 2.05) is 25.1 Å². The molecule has 0 saturated carbocycles. The van der Waals surface area contributed by atoms with Gasteiger partial charge in [0.05, 0.1) is 27.8 Å². The third-order valence-corrected chi connectivity index (χ3v) is 5.18. The van der Waals surface area contributed by atoms with E-state index in [2.05, 4.69) is 34.0 Å². The Morgan fingerprint density at radius 3 is 2.71 bits per heavy atom. The van der Waals surface area contributed by atoms with Crippen LogP contribution < -0.4 is 25.3 Å². The van der Waals surface area contributed by atoms with Crippen LogP contribution in [0.3, 0.4) is 0 Å². The van der Waals surface area contributed by atoms with Crippen LogP contribution in [0, 0.1) is 13.8 Å². The number of nitrogens with zero attached hydrogens (tertiary/aromatic N) is 1. The number of hydrogen-bond donors (Lipinski definition) is 2. The first-order chi connectivity index (χ1) is 11.5. The number of fused-ring (bicyclic) bond motifs is 1. The van der Waals surface area contributed by atoms with Crippen molar-refractivity contribution in [1.29, 1.82) is 0 Å². The molecule has 0 fully saturated rings. The summed E-state index contributed by atoms with van der Waals surface area (Å²) in [5.41, 5.74) is 4.30. The number of aryl methyl sites for hydroxylation is 2. The molecule has 0 aliphatic carbocycles. The molecule has 0 aromatic carbocycles. The molecule has 0 amide bonds. The van der Waals surface area contributed by atoms with Crippen LogP contribution in [-0.4, -0.2) is 17.1 Å². The van der Waals surface area contributed by atoms with Crippen molar-refractivity contribution >= 4 is 40.8 Å². The zero-order valence-electron chi connectivity index (χ0n) is 13.5. The second kappa shape index (κ2) is 5.69. The van der Waals surface area contributed by atoms with Gasteiger partial charge in [0.1, 0.15) is 10.4 Å². The Morgan fingerprint density at radius 2 is 2.04 bits per heavy atom. The van der Waals surface area contributed by atoms with Gasteiger partial charge in [0.2, 0.25) is 0 Å². The number of hydrogen-bond acceptors (Lipinski definition) is 3. The van der Waals surface area contributed by atoms with Crippen LogP contribution in [0.5, 0.6) is 5.75 Å². The Hall–Kier alpha value is -2.24. The average molecular weight is 358 g/mol. The van der Waals surface area contributed by atoms with Gasteiger partial charge >= 0.3 is 0 Å². The summed E-state index contributed by atoms with van der Waals surface area (Å²) < 4.78 is 7.23. The molecule has 122 valence electrons. The Kier molecular flexibility index (Phi) is 3.62. The maximum atomic E-state index is 6.02. The van der Waals surface area contributed by atoms with Crippen molar-refractivity contribution < 1.29 is 4.74 Å². The summed E-state index contributed by atoms with van der Waals surface area (Å²) in [4.78, 5) is 11.4. The minimum Gasteiger partial charge on any atom is -0.494 e. The highest BCUT2D eigenvalue weighted by Crippen LogP contribution is 2.13. The maximum absolute atomic E-state index is 6.02. The Bertz CT molecular complexity index is 1140. The largest absolute Gasteiger partial charge is 0.494 e. The Balaban J connectivity index is 1.90. The molecule has 3 aromatic rings. The van der Waals surface area contributed by atoms with E-state index < -0.39 is 0 Å². The van der Waals surface area contributed by atoms with E-state index >= 15 is 0 Å². The van der Waals surface area contributed by atoms with Crippen molar-refractivity contribution in [2.45, 2.75) is 13.8 Å². The first kappa shape index (κ1) is 15.3. The normalized spacial score (nSPS) is 16.1. The van der Waals surface area contributed by atoms with Crippen LogP contribution >= 0.6 is 22.9 Å². The minimum atomic E-state index is 0.759. The van der Waals surface area contributed by atoms with E-state index in [0.29, 0.717) is 0 Å². The lowest BCUT2D eigenvalue weighted by Gasteiger charge is -1.94. The zero-order chi connectivity index (χ0) is 16.8. The molecule has 1 aliphatic rings. The summed E-state index contributed by atoms with van der Waals surface area (Å²) in [6, 6.07) is 6.04. The fourth-order valence-electron chi connectivity index (χ4n) is 2.89. The lowest BCUT2D eigenvalue weighted by Crippen LogP contribution is -2.12. The molecular formula is C18H16ClN3OS. The van der Waals surface area contributed by atoms with Gasteiger partial charge < -0.3 is 14.7 Å². The van der Waals surface area contributed by atoms with Crippen LogP contribution in [0.15, 0.2) is 23.2 Å². The number of halogens is 1. The van der Waals surface area contributed by atoms with Gasteiger partial charge in [0, 0.05) is 22.7 Å². The van der Waals surface area contributed by atoms with Crippen molar-refractivity contribution in [3.63, 3.8) is 0 Å². The van der Waals surface area contributed by atoms with Crippen molar-refractivity contribution in [2.75, 3.05) is 7.11 Å². The van der Waals surface area contributed by atoms with Crippen LogP contribution in [0.4, 0.5) is 0 Å². The predicted octanol–water partition coefficient (Wildman–Crippen LogP) is 1.73. The quantitative estimate of drug-likeness (QED) is 0.721. The summed E-state index contributed by atoms with van der Waals surface area (Å²) in [5, 5.41) is 2.91. The fraction of sp³-hybridized carbons (Fsp3) is 0.167. The van der Waals surface area contributed by atoms with E-state index in [1.165, 1.54) is 16.9 Å². The molecule has 0 saturated heterocycles. The number of ether oxygens (including phenoxy) is 1. The van der Waals surface area contributed by atoms with Gasteiger partial charge in [0.15, 0.2) is 0 Å². The van der Waals surface area contributed by atoms with E-state index in [4.69, 9.17) is 16.3 Å². The molecule has 1 aliphatic heterocycles. The van der Waals surface area contributed by atoms with E-state index in [9.17, 15) is 0 Å². The topological polar surface area (TPSA) is 53.2 Å². The molecule has 2 N–H and O–H groups in total. The molecule has 0 spiro atoms. The molecule has 4 heterocycles. The molecule has 0 atom stereocenters. The first-order valence-corrected chi connectivity index (χ1v) is 8.74. The van der Waals surface area contributed by atoms with Crippen molar-refractivity contribution in [1.82, 2.24) is 9.97 Å². The smallest absolute Gasteiger partial charge is 0.144 e. The minimum absolute atomic E-state index is 0.759. The predicted molar refractivity (Wildman–Crippen MR) is 98.4 cm³/mol. The van der Waals surface area contributed by atoms with Gasteiger partial charge in [-0.05, 0) is 43.7 Å². The molecule has 0 bridgehead atoms. The number of thiophene rings is 1. The standard InChI is InChI=1S/C18H16ClN3OS/c1-9-4-10(2)20-12(9)7-15-16(23-3)8-14(21-15)13-5-11-6-17(19)24-18(11)22-13/h4-8,20-21H,1-3H3/b14-13-,15-7-. The second-order valence-corrected chi connectivity index (χ2v) is 7.47. The summed E-state index contributed by atoms with van der Waals surface area (Å²) in [6.07, 6.45) is 4.10. The van der Waals surface area contributed by atoms with E-state index in [1.54, 1.807) is 7.11 Å². The molecular weight excluding hydrogens is 342 g/mol. The van der Waals surface area contributed by atoms with Gasteiger partial charge in [-0.3, -0.25) is 0 Å². The van der Waals surface area contributed by atoms with Gasteiger partial charge in [0.25, 0.3) is 0 Å². The highest BCUT2D eigenvalue weighted by molar-refractivity contribution is 7.13. The number of nitrogens with one attached hydrogen (secondary N) is 2. The van der Waals surface area contributed by atoms with Crippen molar-refractivity contribution in [3.8, 4) is 5.75 Å². The monoisotopic (exact) mass is 357 g/mol. The number of methoxy groups -OCH3 is 1. The van der Waals surface area contributed by atoms with Crippen LogP contribution in [0.25, 0.3) is 17.8 Å². The lowest BCUT2D eigenvalue weighted by atomic mass is 10.2. The van der Waals surface area contributed by atoms with Gasteiger partial charge in [-0.15, -0.1) is 11.3 Å². The first-order valence-electron chi connectivity index (χ1n) is 7.54. The average Bonchev–Trinajstić information content (AvgIpc) is 3.23. The highest BCUT2D eigenvalue weighted by Gasteiger charge is 2.08. The Labute approximate surface area is 147 Å². The molecule has 6 heteroatoms. The second-order valence-electron chi connectivity index (χ2n) is 5.81. The Morgan fingerprint density at radius 1 is 1.21 bits per heavy atom. The third-order valence-electron chi connectivity index (χ3n) is 4.01. The van der Waals surface area contributed by atoms with Crippen LogP contribution in [0.2, 0.25) is 4.34 Å². The summed E-state index contributed by atoms with van der Waals surface area (Å²) >= 11 is 7.51. The fourth-order valence-corrected chi connectivity index (χ4v) is 3.98. The number of rotatable bonds is 2. The summed E-state index contributed by atoms with van der Waals surface area (Å²) in [6.45, 7) is 4.13. The number of H-pyrrole nitrogens is 2. The SMILES string of the molecule is COc1c/c(=C2\C=c3cc(Cl)sc3=N2)[nH]/c1=C\c1[nH]c(C)cc1C. The molecule has 4 rings (SSSR count). The zero-order valence-corrected chi connectivity index (χ0v) is 15.1. The number of aromatic amines is 2. The van der Waals surface area contributed by atoms with Crippen LogP contribution in [0.1, 0.15) is 17.0 Å². The van der Waals surface area contributed by atoms with Crippen molar-refractivity contribution in [2.24, 2.45) is 4.99 Å². The number of aromatic nitrogens is 2. The summed E-state index contributed by atoms with van der Waals surface area (Å²) in [7, 11) is 1.67. The molecule has 0 unspecified atom stereocenters. The molecule has 0 radical (unpaired) electrons. The summed E-state index contributed by atoms with van der Waals surface area (Å²) in [5.74, 6) is 0.793. The van der Waals surface area contributed by atoms with Gasteiger partial charge in [-0.25, -0.2) is 4.99 Å². The third kappa shape index (κ3) is 2.60. The van der Waals surface area contributed by atoms with E-state index in [0.717, 1.165) is 47.8 Å². The maximum Gasteiger partial charge on any atom is 0.144 e. The molecule has 3 aromatic heterocycles. The van der Waals surface area contributed by atoms with Crippen LogP contribution in [-0.2, 0) is 0 Å². The lowest BCUT2D eigenvalue weighted by molar-refractivity contribution is 0.412. The van der Waals surface area contributed by atoms with E-state index in [-0.39, 0.29) is 0 Å².